The van der Waals surface area contributed by atoms with E-state index in [2.05, 4.69) is 35.0 Å². The van der Waals surface area contributed by atoms with E-state index in [0.717, 1.165) is 34.0 Å². The highest BCUT2D eigenvalue weighted by Gasteiger charge is 2.21. The van der Waals surface area contributed by atoms with E-state index >= 15 is 0 Å². The van der Waals surface area contributed by atoms with Crippen molar-refractivity contribution in [2.75, 3.05) is 25.6 Å². The van der Waals surface area contributed by atoms with Crippen LogP contribution in [0, 0.1) is 17.8 Å². The third-order valence-corrected chi connectivity index (χ3v) is 6.32. The molecular weight excluding hydrogens is 372 g/mol. The smallest absolute Gasteiger partial charge is 0.349 e. The van der Waals surface area contributed by atoms with Crippen LogP contribution >= 0.6 is 11.8 Å². The highest BCUT2D eigenvalue weighted by Crippen LogP contribution is 2.31. The number of ether oxygens (including phenoxy) is 2. The Bertz CT molecular complexity index is 1010. The summed E-state index contributed by atoms with van der Waals surface area (Å²) in [5, 5.41) is 0.746. The van der Waals surface area contributed by atoms with Gasteiger partial charge in [-0.15, -0.1) is 11.8 Å². The Hall–Kier alpha value is -2.07. The first kappa shape index (κ1) is 18.0. The minimum Gasteiger partial charge on any atom is -0.376 e. The molecule has 0 N–H and O–H groups in total. The minimum atomic E-state index is -0.177. The van der Waals surface area contributed by atoms with Gasteiger partial charge < -0.3 is 9.47 Å². The molecule has 28 heavy (non-hydrogen) atoms. The largest absolute Gasteiger partial charge is 0.376 e. The molecule has 1 saturated carbocycles. The molecule has 0 spiro atoms. The number of aryl methyl sites for hydroxylation is 1. The molecular formula is C22H22N2O3S. The quantitative estimate of drug-likeness (QED) is 0.455. The lowest BCUT2D eigenvalue weighted by Crippen LogP contribution is -2.31. The van der Waals surface area contributed by atoms with Crippen LogP contribution < -0.4 is 5.69 Å². The molecule has 5 rings (SSSR count). The second-order valence-corrected chi connectivity index (χ2v) is 8.50. The Balaban J connectivity index is 1.40. The van der Waals surface area contributed by atoms with Crippen molar-refractivity contribution >= 4 is 11.8 Å². The van der Waals surface area contributed by atoms with Gasteiger partial charge in [-0.1, -0.05) is 17.9 Å². The summed E-state index contributed by atoms with van der Waals surface area (Å²) >= 11 is 1.56. The molecule has 0 unspecified atom stereocenters. The maximum Gasteiger partial charge on any atom is 0.349 e. The highest BCUT2D eigenvalue weighted by atomic mass is 32.2. The van der Waals surface area contributed by atoms with Crippen LogP contribution in [0.5, 0.6) is 0 Å². The van der Waals surface area contributed by atoms with Gasteiger partial charge in [0.1, 0.15) is 5.03 Å². The number of hydrogen-bond acceptors (Lipinski definition) is 5. The molecule has 1 aromatic carbocycles. The predicted molar refractivity (Wildman–Crippen MR) is 109 cm³/mol. The van der Waals surface area contributed by atoms with Gasteiger partial charge in [0.25, 0.3) is 0 Å². The Morgan fingerprint density at radius 1 is 1.25 bits per heavy atom. The number of hydrogen-bond donors (Lipinski definition) is 0. The van der Waals surface area contributed by atoms with Crippen molar-refractivity contribution in [3.8, 4) is 23.1 Å². The normalized spacial score (nSPS) is 20.6. The van der Waals surface area contributed by atoms with E-state index < -0.39 is 0 Å². The number of nitrogens with zero attached hydrogens (tertiary/aromatic N) is 2. The number of benzene rings is 1. The third kappa shape index (κ3) is 3.88. The maximum atomic E-state index is 12.6. The van der Waals surface area contributed by atoms with Crippen LogP contribution in [0.1, 0.15) is 24.0 Å². The van der Waals surface area contributed by atoms with Crippen molar-refractivity contribution in [1.82, 2.24) is 9.55 Å². The molecule has 2 aliphatic heterocycles. The molecule has 0 bridgehead atoms. The lowest BCUT2D eigenvalue weighted by atomic mass is 9.96. The van der Waals surface area contributed by atoms with Crippen molar-refractivity contribution in [2.24, 2.45) is 5.92 Å². The minimum absolute atomic E-state index is 0.0548. The topological polar surface area (TPSA) is 53.4 Å². The molecule has 0 radical (unpaired) electrons. The van der Waals surface area contributed by atoms with E-state index in [-0.39, 0.29) is 11.8 Å². The van der Waals surface area contributed by atoms with Crippen LogP contribution in [0.15, 0.2) is 34.1 Å². The van der Waals surface area contributed by atoms with Crippen molar-refractivity contribution in [3.63, 3.8) is 0 Å². The van der Waals surface area contributed by atoms with Crippen LogP contribution in [-0.2, 0) is 22.4 Å². The Morgan fingerprint density at radius 2 is 2.18 bits per heavy atom. The van der Waals surface area contributed by atoms with E-state index in [0.29, 0.717) is 32.3 Å². The Labute approximate surface area is 168 Å². The number of fused-ring (bicyclic) bond motifs is 3. The maximum absolute atomic E-state index is 12.6. The van der Waals surface area contributed by atoms with Crippen molar-refractivity contribution in [2.45, 2.75) is 36.9 Å². The zero-order valence-corrected chi connectivity index (χ0v) is 16.5. The number of thioether (sulfide) groups is 1. The summed E-state index contributed by atoms with van der Waals surface area (Å²) in [5.74, 6) is 7.96. The predicted octanol–water partition coefficient (Wildman–Crippen LogP) is 2.74. The molecule has 3 heterocycles. The third-order valence-electron chi connectivity index (χ3n) is 5.27. The molecule has 2 fully saturated rings. The second-order valence-electron chi connectivity index (χ2n) is 7.46. The first-order valence-electron chi connectivity index (χ1n) is 9.85. The average Bonchev–Trinajstić information content (AvgIpc) is 3.56. The van der Waals surface area contributed by atoms with Gasteiger partial charge in [0, 0.05) is 29.3 Å². The fourth-order valence-electron chi connectivity index (χ4n) is 3.58. The summed E-state index contributed by atoms with van der Waals surface area (Å²) in [7, 11) is 0. The van der Waals surface area contributed by atoms with Crippen LogP contribution in [0.4, 0.5) is 0 Å². The van der Waals surface area contributed by atoms with E-state index in [1.807, 2.05) is 6.07 Å². The van der Waals surface area contributed by atoms with Gasteiger partial charge in [-0.05, 0) is 43.0 Å². The van der Waals surface area contributed by atoms with Crippen LogP contribution in [0.3, 0.4) is 0 Å². The van der Waals surface area contributed by atoms with Gasteiger partial charge in [0.05, 0.1) is 31.6 Å². The zero-order valence-electron chi connectivity index (χ0n) is 15.6. The first-order chi connectivity index (χ1) is 13.8. The van der Waals surface area contributed by atoms with Gasteiger partial charge in [-0.25, -0.2) is 4.79 Å². The SMILES string of the molecule is O=c1nc(SC[C@@H]2COCCO2)cc2n1CCc1cc(C#CC3CC3)ccc1-2. The molecule has 1 aliphatic carbocycles. The molecule has 144 valence electrons. The molecule has 2 aromatic rings. The first-order valence-corrected chi connectivity index (χ1v) is 10.8. The fourth-order valence-corrected chi connectivity index (χ4v) is 4.47. The lowest BCUT2D eigenvalue weighted by molar-refractivity contribution is -0.0776. The van der Waals surface area contributed by atoms with E-state index in [9.17, 15) is 4.79 Å². The van der Waals surface area contributed by atoms with Crippen LogP contribution in [-0.4, -0.2) is 41.2 Å². The van der Waals surface area contributed by atoms with Crippen molar-refractivity contribution < 1.29 is 9.47 Å². The summed E-state index contributed by atoms with van der Waals surface area (Å²) in [6.07, 6.45) is 3.36. The summed E-state index contributed by atoms with van der Waals surface area (Å²) < 4.78 is 12.9. The fraction of sp³-hybridized carbons (Fsp3) is 0.455. The number of aromatic nitrogens is 2. The Morgan fingerprint density at radius 3 is 3.00 bits per heavy atom. The van der Waals surface area contributed by atoms with Gasteiger partial charge in [0.2, 0.25) is 0 Å². The summed E-state index contributed by atoms with van der Waals surface area (Å²) in [5.41, 5.74) is 4.21. The number of rotatable bonds is 3. The molecule has 3 aliphatic rings. The van der Waals surface area contributed by atoms with Crippen molar-refractivity contribution in [1.29, 1.82) is 0 Å². The van der Waals surface area contributed by atoms with Gasteiger partial charge in [0.15, 0.2) is 0 Å². The van der Waals surface area contributed by atoms with Crippen molar-refractivity contribution in [3.05, 3.63) is 45.9 Å². The van der Waals surface area contributed by atoms with Crippen LogP contribution in [0.2, 0.25) is 0 Å². The average molecular weight is 394 g/mol. The molecule has 0 amide bonds. The highest BCUT2D eigenvalue weighted by molar-refractivity contribution is 7.99. The molecule has 1 aromatic heterocycles. The van der Waals surface area contributed by atoms with Crippen LogP contribution in [0.25, 0.3) is 11.3 Å². The summed E-state index contributed by atoms with van der Waals surface area (Å²) in [4.78, 5) is 16.8. The Kier molecular flexibility index (Phi) is 4.98. The van der Waals surface area contributed by atoms with E-state index in [1.165, 1.54) is 18.4 Å². The summed E-state index contributed by atoms with van der Waals surface area (Å²) in [6.45, 7) is 2.55. The van der Waals surface area contributed by atoms with E-state index in [4.69, 9.17) is 9.47 Å². The monoisotopic (exact) mass is 394 g/mol. The van der Waals surface area contributed by atoms with Gasteiger partial charge >= 0.3 is 5.69 Å². The van der Waals surface area contributed by atoms with Gasteiger partial charge in [-0.3, -0.25) is 4.57 Å². The molecule has 1 saturated heterocycles. The van der Waals surface area contributed by atoms with Gasteiger partial charge in [-0.2, -0.15) is 4.98 Å². The summed E-state index contributed by atoms with van der Waals surface area (Å²) in [6, 6.07) is 8.38. The second kappa shape index (κ2) is 7.75. The zero-order chi connectivity index (χ0) is 18.9. The molecule has 5 nitrogen and oxygen atoms in total. The molecule has 1 atom stereocenters. The van der Waals surface area contributed by atoms with E-state index in [1.54, 1.807) is 16.3 Å². The molecule has 6 heteroatoms. The standard InChI is InChI=1S/C22H22N2O3S/c25-22-23-21(28-14-18-13-26-9-10-27-18)12-20-19-6-5-16(4-3-15-1-2-15)11-17(19)7-8-24(20)22/h5-6,11-12,15,18H,1-2,7-10,13-14H2/t18-/m0/s1. The lowest BCUT2D eigenvalue weighted by Gasteiger charge is -2.23.